The quantitative estimate of drug-likeness (QED) is 0.801. The highest BCUT2D eigenvalue weighted by atomic mass is 32.1. The van der Waals surface area contributed by atoms with E-state index in [-0.39, 0.29) is 0 Å². The summed E-state index contributed by atoms with van der Waals surface area (Å²) in [5, 5.41) is 3.55. The van der Waals surface area contributed by atoms with E-state index < -0.39 is 18.6 Å². The summed E-state index contributed by atoms with van der Waals surface area (Å²) < 4.78 is 35.1. The van der Waals surface area contributed by atoms with Crippen molar-refractivity contribution in [3.8, 4) is 0 Å². The van der Waals surface area contributed by atoms with E-state index in [0.29, 0.717) is 0 Å². The second-order valence-corrected chi connectivity index (χ2v) is 3.66. The molecule has 6 heteroatoms. The highest BCUT2D eigenvalue weighted by Crippen LogP contribution is 2.12. The molecule has 0 aliphatic rings. The fourth-order valence-electron chi connectivity index (χ4n) is 0.790. The molecule has 1 heterocycles. The maximum absolute atomic E-state index is 11.7. The summed E-state index contributed by atoms with van der Waals surface area (Å²) in [5.74, 6) is -0.749. The van der Waals surface area contributed by atoms with E-state index in [9.17, 15) is 18.0 Å². The van der Waals surface area contributed by atoms with Crippen molar-refractivity contribution < 1.29 is 18.0 Å². The van der Waals surface area contributed by atoms with Gasteiger partial charge in [0.15, 0.2) is 0 Å². The third kappa shape index (κ3) is 5.21. The van der Waals surface area contributed by atoms with Crippen molar-refractivity contribution in [3.63, 3.8) is 0 Å². The summed E-state index contributed by atoms with van der Waals surface area (Å²) in [6, 6.07) is 3.55. The molecule has 1 rings (SSSR count). The normalized spacial score (nSPS) is 11.9. The zero-order chi connectivity index (χ0) is 11.3. The minimum atomic E-state index is -4.37. The van der Waals surface area contributed by atoms with Crippen LogP contribution in [0.15, 0.2) is 23.6 Å². The van der Waals surface area contributed by atoms with Crippen molar-refractivity contribution in [2.75, 3.05) is 6.54 Å². The second-order valence-electron chi connectivity index (χ2n) is 2.68. The SMILES string of the molecule is O=C(/C=C\c1cccs1)NCC(F)(F)F. The molecule has 1 aromatic heterocycles. The minimum absolute atomic E-state index is 0.749. The standard InChI is InChI=1S/C9H8F3NOS/c10-9(11,12)6-13-8(14)4-3-7-2-1-5-15-7/h1-5H,6H2,(H,13,14)/b4-3-. The summed E-state index contributed by atoms with van der Waals surface area (Å²) in [4.78, 5) is 11.7. The molecule has 0 fully saturated rings. The molecule has 0 saturated carbocycles. The number of hydrogen-bond donors (Lipinski definition) is 1. The Morgan fingerprint density at radius 2 is 2.27 bits per heavy atom. The second kappa shape index (κ2) is 4.97. The molecule has 0 radical (unpaired) electrons. The van der Waals surface area contributed by atoms with Gasteiger partial charge >= 0.3 is 6.18 Å². The molecule has 1 N–H and O–H groups in total. The number of hydrogen-bond acceptors (Lipinski definition) is 2. The molecule has 82 valence electrons. The van der Waals surface area contributed by atoms with Gasteiger partial charge in [-0.15, -0.1) is 11.3 Å². The molecule has 1 aromatic rings. The van der Waals surface area contributed by atoms with Crippen LogP contribution in [-0.2, 0) is 4.79 Å². The number of nitrogens with one attached hydrogen (secondary N) is 1. The van der Waals surface area contributed by atoms with Crippen LogP contribution in [0.5, 0.6) is 0 Å². The number of amides is 1. The Labute approximate surface area is 88.4 Å². The fraction of sp³-hybridized carbons (Fsp3) is 0.222. The molecule has 0 aromatic carbocycles. The maximum atomic E-state index is 11.7. The van der Waals surface area contributed by atoms with E-state index in [1.54, 1.807) is 17.4 Å². The van der Waals surface area contributed by atoms with Gasteiger partial charge in [0.25, 0.3) is 0 Å². The lowest BCUT2D eigenvalue weighted by atomic mass is 10.4. The van der Waals surface area contributed by atoms with Crippen LogP contribution in [0.3, 0.4) is 0 Å². The first-order valence-corrected chi connectivity index (χ1v) is 4.91. The number of halogens is 3. The molecule has 0 spiro atoms. The molecular weight excluding hydrogens is 227 g/mol. The lowest BCUT2D eigenvalue weighted by Crippen LogP contribution is -2.32. The first-order valence-electron chi connectivity index (χ1n) is 4.03. The third-order valence-corrected chi connectivity index (χ3v) is 2.24. The first-order chi connectivity index (χ1) is 6.97. The van der Waals surface area contributed by atoms with Crippen molar-refractivity contribution in [1.82, 2.24) is 5.32 Å². The predicted octanol–water partition coefficient (Wildman–Crippen LogP) is 2.44. The highest BCUT2D eigenvalue weighted by Gasteiger charge is 2.27. The largest absolute Gasteiger partial charge is 0.405 e. The van der Waals surface area contributed by atoms with Gasteiger partial charge in [-0.05, 0) is 17.5 Å². The average Bonchev–Trinajstić information content (AvgIpc) is 2.62. The lowest BCUT2D eigenvalue weighted by Gasteiger charge is -2.05. The lowest BCUT2D eigenvalue weighted by molar-refractivity contribution is -0.135. The summed E-state index contributed by atoms with van der Waals surface area (Å²) in [6.07, 6.45) is -1.82. The molecule has 2 nitrogen and oxygen atoms in total. The molecule has 0 unspecified atom stereocenters. The summed E-state index contributed by atoms with van der Waals surface area (Å²) in [6.45, 7) is -1.30. The van der Waals surface area contributed by atoms with E-state index >= 15 is 0 Å². The minimum Gasteiger partial charge on any atom is -0.343 e. The zero-order valence-corrected chi connectivity index (χ0v) is 8.36. The van der Waals surface area contributed by atoms with Gasteiger partial charge in [-0.2, -0.15) is 13.2 Å². The van der Waals surface area contributed by atoms with Crippen LogP contribution >= 0.6 is 11.3 Å². The van der Waals surface area contributed by atoms with E-state index in [0.717, 1.165) is 11.0 Å². The molecule has 0 saturated heterocycles. The van der Waals surface area contributed by atoms with Gasteiger partial charge in [-0.1, -0.05) is 6.07 Å². The van der Waals surface area contributed by atoms with Crippen molar-refractivity contribution in [3.05, 3.63) is 28.5 Å². The Hall–Kier alpha value is -1.30. The Kier molecular flexibility index (Phi) is 3.90. The van der Waals surface area contributed by atoms with Gasteiger partial charge in [-0.3, -0.25) is 4.79 Å². The van der Waals surface area contributed by atoms with Gasteiger partial charge in [0.2, 0.25) is 5.91 Å². The molecule has 0 aliphatic carbocycles. The number of alkyl halides is 3. The molecule has 0 bridgehead atoms. The Bertz CT molecular complexity index is 343. The summed E-state index contributed by atoms with van der Waals surface area (Å²) in [7, 11) is 0. The predicted molar refractivity (Wildman–Crippen MR) is 52.4 cm³/mol. The van der Waals surface area contributed by atoms with Gasteiger partial charge in [0.1, 0.15) is 6.54 Å². The topological polar surface area (TPSA) is 29.1 Å². The van der Waals surface area contributed by atoms with Crippen molar-refractivity contribution >= 4 is 23.3 Å². The van der Waals surface area contributed by atoms with Crippen LogP contribution in [0.1, 0.15) is 4.88 Å². The maximum Gasteiger partial charge on any atom is 0.405 e. The Morgan fingerprint density at radius 3 is 2.80 bits per heavy atom. The van der Waals surface area contributed by atoms with Crippen LogP contribution in [0.4, 0.5) is 13.2 Å². The van der Waals surface area contributed by atoms with Crippen LogP contribution in [0.2, 0.25) is 0 Å². The van der Waals surface area contributed by atoms with Crippen LogP contribution in [-0.4, -0.2) is 18.6 Å². The monoisotopic (exact) mass is 235 g/mol. The molecule has 1 amide bonds. The molecular formula is C9H8F3NOS. The van der Waals surface area contributed by atoms with Gasteiger partial charge in [-0.25, -0.2) is 0 Å². The summed E-state index contributed by atoms with van der Waals surface area (Å²) in [5.41, 5.74) is 0. The smallest absolute Gasteiger partial charge is 0.343 e. The molecule has 0 aliphatic heterocycles. The van der Waals surface area contributed by atoms with E-state index in [2.05, 4.69) is 0 Å². The fourth-order valence-corrected chi connectivity index (χ4v) is 1.41. The molecule has 15 heavy (non-hydrogen) atoms. The van der Waals surface area contributed by atoms with Crippen LogP contribution in [0.25, 0.3) is 6.08 Å². The van der Waals surface area contributed by atoms with Crippen molar-refractivity contribution in [2.45, 2.75) is 6.18 Å². The molecule has 0 atom stereocenters. The summed E-state index contributed by atoms with van der Waals surface area (Å²) >= 11 is 1.40. The zero-order valence-electron chi connectivity index (χ0n) is 7.54. The van der Waals surface area contributed by atoms with Crippen molar-refractivity contribution in [1.29, 1.82) is 0 Å². The van der Waals surface area contributed by atoms with Gasteiger partial charge in [0, 0.05) is 11.0 Å². The van der Waals surface area contributed by atoms with Gasteiger partial charge < -0.3 is 5.32 Å². The number of thiophene rings is 1. The van der Waals surface area contributed by atoms with E-state index in [4.69, 9.17) is 0 Å². The van der Waals surface area contributed by atoms with Crippen molar-refractivity contribution in [2.24, 2.45) is 0 Å². The third-order valence-electron chi connectivity index (χ3n) is 1.41. The number of carbonyl (C=O) groups is 1. The van der Waals surface area contributed by atoms with Crippen LogP contribution < -0.4 is 5.32 Å². The number of rotatable bonds is 3. The average molecular weight is 235 g/mol. The first kappa shape index (κ1) is 11.8. The Balaban J connectivity index is 2.37. The van der Waals surface area contributed by atoms with E-state index in [1.165, 1.54) is 17.4 Å². The van der Waals surface area contributed by atoms with E-state index in [1.807, 2.05) is 5.38 Å². The number of carbonyl (C=O) groups excluding carboxylic acids is 1. The highest BCUT2D eigenvalue weighted by molar-refractivity contribution is 7.10. The Morgan fingerprint density at radius 1 is 1.53 bits per heavy atom. The van der Waals surface area contributed by atoms with Gasteiger partial charge in [0.05, 0.1) is 0 Å². The van der Waals surface area contributed by atoms with Crippen LogP contribution in [0, 0.1) is 0 Å².